The van der Waals surface area contributed by atoms with Crippen LogP contribution in [0.4, 0.5) is 14.5 Å². The smallest absolute Gasteiger partial charge is 0.387 e. The number of halogens is 2. The number of nitrogens with zero attached hydrogens (tertiary/aromatic N) is 1. The summed E-state index contributed by atoms with van der Waals surface area (Å²) in [6.07, 6.45) is 0. The fourth-order valence-electron chi connectivity index (χ4n) is 2.64. The van der Waals surface area contributed by atoms with Crippen LogP contribution in [0.15, 0.2) is 41.4 Å². The molecule has 2 aromatic carbocycles. The lowest BCUT2D eigenvalue weighted by atomic mass is 10.2. The van der Waals surface area contributed by atoms with Gasteiger partial charge in [-0.25, -0.2) is 4.99 Å². The molecule has 0 amide bonds. The van der Waals surface area contributed by atoms with Crippen LogP contribution in [0.25, 0.3) is 0 Å². The minimum atomic E-state index is -2.94. The number of alkyl halides is 2. The summed E-state index contributed by atoms with van der Waals surface area (Å²) in [5.74, 6) is 1.97. The number of nitrogens with one attached hydrogen (secondary N) is 2. The van der Waals surface area contributed by atoms with Crippen molar-refractivity contribution in [2.24, 2.45) is 4.99 Å². The number of rotatable bonds is 10. The number of ether oxygens (including phenoxy) is 4. The van der Waals surface area contributed by atoms with Gasteiger partial charge >= 0.3 is 6.61 Å². The fraction of sp³-hybridized carbons (Fsp3) is 0.381. The van der Waals surface area contributed by atoms with Gasteiger partial charge < -0.3 is 29.6 Å². The van der Waals surface area contributed by atoms with Crippen LogP contribution < -0.4 is 29.6 Å². The molecule has 2 aromatic rings. The van der Waals surface area contributed by atoms with Gasteiger partial charge in [0.1, 0.15) is 0 Å². The van der Waals surface area contributed by atoms with Crippen LogP contribution >= 0.6 is 0 Å². The van der Waals surface area contributed by atoms with Crippen molar-refractivity contribution in [2.45, 2.75) is 27.0 Å². The molecule has 0 heterocycles. The minimum absolute atomic E-state index is 0.0327. The highest BCUT2D eigenvalue weighted by molar-refractivity contribution is 5.93. The van der Waals surface area contributed by atoms with E-state index >= 15 is 0 Å². The molecule has 0 spiro atoms. The van der Waals surface area contributed by atoms with Crippen LogP contribution in [-0.4, -0.2) is 39.9 Å². The van der Waals surface area contributed by atoms with Gasteiger partial charge in [0.2, 0.25) is 0 Å². The normalized spacial score (nSPS) is 11.2. The number of benzene rings is 2. The zero-order chi connectivity index (χ0) is 21.9. The molecule has 164 valence electrons. The molecule has 0 bridgehead atoms. The highest BCUT2D eigenvalue weighted by Gasteiger charge is 2.12. The molecule has 2 rings (SSSR count). The summed E-state index contributed by atoms with van der Waals surface area (Å²) in [6, 6.07) is 10.3. The maximum absolute atomic E-state index is 12.6. The second kappa shape index (κ2) is 11.7. The zero-order valence-corrected chi connectivity index (χ0v) is 17.5. The lowest BCUT2D eigenvalue weighted by molar-refractivity contribution is -0.0512. The van der Waals surface area contributed by atoms with Crippen molar-refractivity contribution in [3.05, 3.63) is 42.0 Å². The second-order valence-electron chi connectivity index (χ2n) is 5.98. The van der Waals surface area contributed by atoms with Crippen LogP contribution in [0.2, 0.25) is 0 Å². The van der Waals surface area contributed by atoms with Gasteiger partial charge in [-0.2, -0.15) is 8.78 Å². The van der Waals surface area contributed by atoms with E-state index in [1.165, 1.54) is 13.2 Å². The first-order valence-electron chi connectivity index (χ1n) is 9.48. The van der Waals surface area contributed by atoms with Gasteiger partial charge in [0.05, 0.1) is 27.4 Å². The quantitative estimate of drug-likeness (QED) is 0.439. The average molecular weight is 423 g/mol. The van der Waals surface area contributed by atoms with Crippen molar-refractivity contribution < 1.29 is 27.7 Å². The molecule has 0 aromatic heterocycles. The maximum atomic E-state index is 12.6. The van der Waals surface area contributed by atoms with E-state index in [9.17, 15) is 8.78 Å². The Morgan fingerprint density at radius 1 is 0.967 bits per heavy atom. The number of aliphatic imine (C=N–C) groups is 1. The van der Waals surface area contributed by atoms with Crippen LogP contribution in [0, 0.1) is 0 Å². The first kappa shape index (κ1) is 23.1. The van der Waals surface area contributed by atoms with Gasteiger partial charge in [0.15, 0.2) is 29.0 Å². The molecule has 30 heavy (non-hydrogen) atoms. The molecular weight excluding hydrogens is 396 g/mol. The summed E-state index contributed by atoms with van der Waals surface area (Å²) in [5.41, 5.74) is 1.45. The lowest BCUT2D eigenvalue weighted by Gasteiger charge is -2.15. The summed E-state index contributed by atoms with van der Waals surface area (Å²) in [6.45, 7) is 2.29. The van der Waals surface area contributed by atoms with E-state index in [0.29, 0.717) is 36.2 Å². The summed E-state index contributed by atoms with van der Waals surface area (Å²) >= 11 is 0. The Morgan fingerprint density at radius 2 is 1.67 bits per heavy atom. The van der Waals surface area contributed by atoms with Crippen molar-refractivity contribution in [1.29, 1.82) is 0 Å². The van der Waals surface area contributed by atoms with Gasteiger partial charge in [-0.15, -0.1) is 0 Å². The highest BCUT2D eigenvalue weighted by Crippen LogP contribution is 2.31. The number of guanidine groups is 1. The van der Waals surface area contributed by atoms with E-state index in [1.807, 2.05) is 26.0 Å². The molecule has 0 aliphatic carbocycles. The Kier molecular flexibility index (Phi) is 8.99. The topological polar surface area (TPSA) is 73.3 Å². The van der Waals surface area contributed by atoms with Gasteiger partial charge in [-0.3, -0.25) is 0 Å². The molecule has 0 saturated heterocycles. The SMILES string of the molecule is CCNC(=NCc1ccc(OC)c(OC(F)F)c1)Nc1ccc(OC)c(OCC)c1. The van der Waals surface area contributed by atoms with E-state index in [1.54, 1.807) is 25.3 Å². The third-order valence-corrected chi connectivity index (χ3v) is 3.93. The van der Waals surface area contributed by atoms with Crippen molar-refractivity contribution >= 4 is 11.6 Å². The maximum Gasteiger partial charge on any atom is 0.387 e. The monoisotopic (exact) mass is 423 g/mol. The Labute approximate surface area is 175 Å². The fourth-order valence-corrected chi connectivity index (χ4v) is 2.64. The molecule has 7 nitrogen and oxygen atoms in total. The molecule has 9 heteroatoms. The number of hydrogen-bond donors (Lipinski definition) is 2. The summed E-state index contributed by atoms with van der Waals surface area (Å²) < 4.78 is 45.7. The predicted molar refractivity (Wildman–Crippen MR) is 112 cm³/mol. The van der Waals surface area contributed by atoms with Gasteiger partial charge in [-0.1, -0.05) is 6.07 Å². The van der Waals surface area contributed by atoms with Gasteiger partial charge in [0, 0.05) is 18.3 Å². The molecular formula is C21H27F2N3O4. The first-order valence-corrected chi connectivity index (χ1v) is 9.48. The third kappa shape index (κ3) is 6.68. The Morgan fingerprint density at radius 3 is 2.30 bits per heavy atom. The summed E-state index contributed by atoms with van der Waals surface area (Å²) in [5, 5.41) is 6.34. The zero-order valence-electron chi connectivity index (χ0n) is 17.5. The largest absolute Gasteiger partial charge is 0.493 e. The van der Waals surface area contributed by atoms with Crippen LogP contribution in [-0.2, 0) is 6.54 Å². The molecule has 0 fully saturated rings. The van der Waals surface area contributed by atoms with Gasteiger partial charge in [0.25, 0.3) is 0 Å². The Balaban J connectivity index is 2.19. The molecule has 0 aliphatic heterocycles. The van der Waals surface area contributed by atoms with Gasteiger partial charge in [-0.05, 0) is 43.7 Å². The molecule has 2 N–H and O–H groups in total. The Bertz CT molecular complexity index is 847. The first-order chi connectivity index (χ1) is 14.5. The highest BCUT2D eigenvalue weighted by atomic mass is 19.3. The minimum Gasteiger partial charge on any atom is -0.493 e. The van der Waals surface area contributed by atoms with E-state index in [0.717, 1.165) is 5.69 Å². The van der Waals surface area contributed by atoms with Crippen molar-refractivity contribution in [2.75, 3.05) is 32.7 Å². The number of anilines is 1. The molecule has 0 aliphatic rings. The Hall–Kier alpha value is -3.23. The molecule has 0 atom stereocenters. The van der Waals surface area contributed by atoms with Crippen LogP contribution in [0.1, 0.15) is 19.4 Å². The van der Waals surface area contributed by atoms with E-state index in [2.05, 4.69) is 20.4 Å². The second-order valence-corrected chi connectivity index (χ2v) is 5.98. The lowest BCUT2D eigenvalue weighted by Crippen LogP contribution is -2.30. The molecule has 0 saturated carbocycles. The van der Waals surface area contributed by atoms with E-state index in [4.69, 9.17) is 14.2 Å². The average Bonchev–Trinajstić information content (AvgIpc) is 2.72. The number of hydrogen-bond acceptors (Lipinski definition) is 5. The van der Waals surface area contributed by atoms with E-state index < -0.39 is 6.61 Å². The van der Waals surface area contributed by atoms with E-state index in [-0.39, 0.29) is 18.0 Å². The van der Waals surface area contributed by atoms with Crippen LogP contribution in [0.3, 0.4) is 0 Å². The summed E-state index contributed by atoms with van der Waals surface area (Å²) in [4.78, 5) is 4.51. The van der Waals surface area contributed by atoms with Crippen molar-refractivity contribution in [3.63, 3.8) is 0 Å². The van der Waals surface area contributed by atoms with Crippen molar-refractivity contribution in [3.8, 4) is 23.0 Å². The standard InChI is InChI=1S/C21H27F2N3O4/c1-5-24-21(26-15-8-10-16(27-3)18(12-15)29-6-2)25-13-14-7-9-17(28-4)19(11-14)30-20(22)23/h7-12,20H,5-6,13H2,1-4H3,(H2,24,25,26). The molecule has 0 unspecified atom stereocenters. The predicted octanol–water partition coefficient (Wildman–Crippen LogP) is 4.28. The van der Waals surface area contributed by atoms with Crippen LogP contribution in [0.5, 0.6) is 23.0 Å². The third-order valence-electron chi connectivity index (χ3n) is 3.93. The molecule has 0 radical (unpaired) electrons. The summed E-state index contributed by atoms with van der Waals surface area (Å²) in [7, 11) is 2.97. The number of methoxy groups -OCH3 is 2. The van der Waals surface area contributed by atoms with Crippen molar-refractivity contribution in [1.82, 2.24) is 5.32 Å².